The zero-order valence-corrected chi connectivity index (χ0v) is 23.0. The molecule has 210 valence electrons. The summed E-state index contributed by atoms with van der Waals surface area (Å²) in [6, 6.07) is 18.5. The predicted octanol–water partition coefficient (Wildman–Crippen LogP) is 5.68. The Kier molecular flexibility index (Phi) is 10.3. The number of phenols is 1. The van der Waals surface area contributed by atoms with Crippen molar-refractivity contribution >= 4 is 29.2 Å². The van der Waals surface area contributed by atoms with Crippen molar-refractivity contribution in [1.82, 2.24) is 10.3 Å². The largest absolute Gasteiger partial charge is 0.508 e. The van der Waals surface area contributed by atoms with Crippen molar-refractivity contribution in [2.75, 3.05) is 10.2 Å². The van der Waals surface area contributed by atoms with Crippen molar-refractivity contribution in [3.05, 3.63) is 84.1 Å². The fraction of sp³-hybridized carbons (Fsp3) is 0.375. The second-order valence-electron chi connectivity index (χ2n) is 10.2. The van der Waals surface area contributed by atoms with Gasteiger partial charge in [0.1, 0.15) is 17.6 Å². The van der Waals surface area contributed by atoms with E-state index in [4.69, 9.17) is 0 Å². The van der Waals surface area contributed by atoms with Crippen LogP contribution in [-0.2, 0) is 20.8 Å². The summed E-state index contributed by atoms with van der Waals surface area (Å²) in [7, 11) is 0. The van der Waals surface area contributed by atoms with Gasteiger partial charge >= 0.3 is 0 Å². The van der Waals surface area contributed by atoms with Gasteiger partial charge in [-0.1, -0.05) is 62.6 Å². The SMILES string of the molecule is CCc1ccccc1N(C(=O)CCCC(=O)Nc1ccccn1)C(C(=O)NC1CCCCC1)c1ccc(O)cc1. The summed E-state index contributed by atoms with van der Waals surface area (Å²) < 4.78 is 0. The fourth-order valence-corrected chi connectivity index (χ4v) is 5.23. The van der Waals surface area contributed by atoms with E-state index in [1.165, 1.54) is 12.1 Å². The number of aryl methyl sites for hydroxylation is 1. The van der Waals surface area contributed by atoms with E-state index in [9.17, 15) is 19.5 Å². The number of para-hydroxylation sites is 1. The first-order valence-electron chi connectivity index (χ1n) is 14.2. The molecule has 0 saturated heterocycles. The molecule has 1 atom stereocenters. The number of hydrogen-bond donors (Lipinski definition) is 3. The Morgan fingerprint density at radius 1 is 0.950 bits per heavy atom. The number of phenolic OH excluding ortho intramolecular Hbond substituents is 1. The summed E-state index contributed by atoms with van der Waals surface area (Å²) >= 11 is 0. The molecule has 3 N–H and O–H groups in total. The number of amides is 3. The number of pyridine rings is 1. The molecule has 2 aromatic carbocycles. The number of rotatable bonds is 11. The molecule has 0 bridgehead atoms. The van der Waals surface area contributed by atoms with Gasteiger partial charge in [0.2, 0.25) is 17.7 Å². The molecule has 4 rings (SSSR count). The lowest BCUT2D eigenvalue weighted by Crippen LogP contribution is -2.47. The van der Waals surface area contributed by atoms with E-state index in [-0.39, 0.29) is 42.4 Å². The Hall–Kier alpha value is -4.20. The highest BCUT2D eigenvalue weighted by Crippen LogP contribution is 2.33. The van der Waals surface area contributed by atoms with Crippen LogP contribution >= 0.6 is 0 Å². The van der Waals surface area contributed by atoms with E-state index in [0.717, 1.165) is 37.7 Å². The summed E-state index contributed by atoms with van der Waals surface area (Å²) in [5.74, 6) is -0.171. The first-order chi connectivity index (χ1) is 19.5. The molecular formula is C32H38N4O4. The van der Waals surface area contributed by atoms with E-state index in [1.807, 2.05) is 31.2 Å². The molecule has 8 heteroatoms. The molecule has 1 fully saturated rings. The van der Waals surface area contributed by atoms with Gasteiger partial charge in [-0.2, -0.15) is 0 Å². The minimum Gasteiger partial charge on any atom is -0.508 e. The number of carbonyl (C=O) groups is 3. The maximum absolute atomic E-state index is 14.0. The molecule has 0 aliphatic heterocycles. The van der Waals surface area contributed by atoms with Crippen LogP contribution in [0.1, 0.15) is 75.5 Å². The lowest BCUT2D eigenvalue weighted by atomic mass is 9.94. The fourth-order valence-electron chi connectivity index (χ4n) is 5.23. The summed E-state index contributed by atoms with van der Waals surface area (Å²) in [6.07, 6.45) is 7.95. The molecule has 1 saturated carbocycles. The molecule has 8 nitrogen and oxygen atoms in total. The van der Waals surface area contributed by atoms with Gasteiger partial charge in [-0.05, 0) is 67.1 Å². The average Bonchev–Trinajstić information content (AvgIpc) is 2.97. The number of nitrogens with one attached hydrogen (secondary N) is 2. The Balaban J connectivity index is 1.60. The van der Waals surface area contributed by atoms with Crippen molar-refractivity contribution in [3.63, 3.8) is 0 Å². The molecule has 1 unspecified atom stereocenters. The Bertz CT molecular complexity index is 1270. The van der Waals surface area contributed by atoms with Crippen LogP contribution in [0.2, 0.25) is 0 Å². The van der Waals surface area contributed by atoms with Gasteiger partial charge in [-0.25, -0.2) is 4.98 Å². The summed E-state index contributed by atoms with van der Waals surface area (Å²) in [5.41, 5.74) is 2.22. The predicted molar refractivity (Wildman–Crippen MR) is 156 cm³/mol. The number of benzene rings is 2. The van der Waals surface area contributed by atoms with Crippen molar-refractivity contribution in [2.45, 2.75) is 76.8 Å². The normalized spacial score (nSPS) is 14.2. The molecule has 1 aliphatic rings. The highest BCUT2D eigenvalue weighted by Gasteiger charge is 2.34. The minimum absolute atomic E-state index is 0.0644. The number of carbonyl (C=O) groups excluding carboxylic acids is 3. The van der Waals surface area contributed by atoms with Gasteiger partial charge in [-0.15, -0.1) is 0 Å². The Labute approximate surface area is 235 Å². The van der Waals surface area contributed by atoms with Gasteiger partial charge in [0.25, 0.3) is 0 Å². The van der Waals surface area contributed by atoms with E-state index in [2.05, 4.69) is 15.6 Å². The molecule has 1 aromatic heterocycles. The lowest BCUT2D eigenvalue weighted by Gasteiger charge is -2.34. The summed E-state index contributed by atoms with van der Waals surface area (Å²) in [4.78, 5) is 46.1. The van der Waals surface area contributed by atoms with Crippen LogP contribution in [0, 0.1) is 0 Å². The molecular weight excluding hydrogens is 504 g/mol. The van der Waals surface area contributed by atoms with E-state index in [1.54, 1.807) is 41.4 Å². The van der Waals surface area contributed by atoms with Crippen LogP contribution in [0.25, 0.3) is 0 Å². The Morgan fingerprint density at radius 3 is 2.38 bits per heavy atom. The zero-order chi connectivity index (χ0) is 28.3. The van der Waals surface area contributed by atoms with Crippen molar-refractivity contribution < 1.29 is 19.5 Å². The minimum atomic E-state index is -0.926. The zero-order valence-electron chi connectivity index (χ0n) is 23.0. The average molecular weight is 543 g/mol. The third-order valence-electron chi connectivity index (χ3n) is 7.29. The molecule has 3 amide bonds. The second kappa shape index (κ2) is 14.3. The summed E-state index contributed by atoms with van der Waals surface area (Å²) in [6.45, 7) is 2.01. The highest BCUT2D eigenvalue weighted by molar-refractivity contribution is 6.02. The third-order valence-corrected chi connectivity index (χ3v) is 7.29. The van der Waals surface area contributed by atoms with Crippen LogP contribution in [0.3, 0.4) is 0 Å². The standard InChI is InChI=1S/C32H38N4O4/c1-2-23-11-6-7-14-27(23)36(30(39)17-10-16-29(38)35-28-15-8-9-22-33-28)31(24-18-20-26(37)21-19-24)32(40)34-25-12-4-3-5-13-25/h6-9,11,14-15,18-22,25,31,37H,2-5,10,12-13,16-17H2,1H3,(H,34,40)(H,33,35,38). The van der Waals surface area contributed by atoms with E-state index in [0.29, 0.717) is 29.9 Å². The third kappa shape index (κ3) is 7.68. The number of hydrogen-bond acceptors (Lipinski definition) is 5. The lowest BCUT2D eigenvalue weighted by molar-refractivity contribution is -0.127. The van der Waals surface area contributed by atoms with Gasteiger partial charge in [-0.3, -0.25) is 19.3 Å². The molecule has 40 heavy (non-hydrogen) atoms. The number of aromatic nitrogens is 1. The van der Waals surface area contributed by atoms with Crippen LogP contribution < -0.4 is 15.5 Å². The van der Waals surface area contributed by atoms with Crippen LogP contribution in [0.5, 0.6) is 5.75 Å². The number of aromatic hydroxyl groups is 1. The quantitative estimate of drug-likeness (QED) is 0.289. The van der Waals surface area contributed by atoms with Gasteiger partial charge in [0.15, 0.2) is 0 Å². The van der Waals surface area contributed by atoms with E-state index < -0.39 is 6.04 Å². The summed E-state index contributed by atoms with van der Waals surface area (Å²) in [5, 5.41) is 15.9. The van der Waals surface area contributed by atoms with Gasteiger partial charge < -0.3 is 15.7 Å². The molecule has 0 radical (unpaired) electrons. The highest BCUT2D eigenvalue weighted by atomic mass is 16.3. The maximum atomic E-state index is 14.0. The Morgan fingerprint density at radius 2 is 1.68 bits per heavy atom. The maximum Gasteiger partial charge on any atom is 0.248 e. The van der Waals surface area contributed by atoms with E-state index >= 15 is 0 Å². The van der Waals surface area contributed by atoms with Gasteiger partial charge in [0.05, 0.1) is 0 Å². The van der Waals surface area contributed by atoms with Crippen molar-refractivity contribution in [3.8, 4) is 5.75 Å². The van der Waals surface area contributed by atoms with Crippen LogP contribution in [0.15, 0.2) is 72.9 Å². The monoisotopic (exact) mass is 542 g/mol. The number of anilines is 2. The first-order valence-corrected chi connectivity index (χ1v) is 14.2. The van der Waals surface area contributed by atoms with Crippen molar-refractivity contribution in [1.29, 1.82) is 0 Å². The molecule has 1 aliphatic carbocycles. The van der Waals surface area contributed by atoms with Gasteiger partial charge in [0, 0.05) is 30.8 Å². The van der Waals surface area contributed by atoms with Crippen molar-refractivity contribution in [2.24, 2.45) is 0 Å². The van der Waals surface area contributed by atoms with Crippen LogP contribution in [0.4, 0.5) is 11.5 Å². The molecule has 0 spiro atoms. The first kappa shape index (κ1) is 28.8. The molecule has 3 aromatic rings. The number of nitrogens with zero attached hydrogens (tertiary/aromatic N) is 2. The second-order valence-corrected chi connectivity index (χ2v) is 10.2. The topological polar surface area (TPSA) is 112 Å². The molecule has 1 heterocycles. The van der Waals surface area contributed by atoms with Crippen LogP contribution in [-0.4, -0.2) is 33.9 Å². The smallest absolute Gasteiger partial charge is 0.248 e.